The van der Waals surface area contributed by atoms with Gasteiger partial charge in [0, 0.05) is 6.42 Å². The topological polar surface area (TPSA) is 307 Å². The molecular weight excluding hydrogens is 1060 g/mol. The molecule has 3 rings (SSSR count). The summed E-state index contributed by atoms with van der Waals surface area (Å²) in [5, 5.41) is 120. The summed E-state index contributed by atoms with van der Waals surface area (Å²) in [4.78, 5) is 13.3. The van der Waals surface area contributed by atoms with Crippen molar-refractivity contribution in [1.82, 2.24) is 5.32 Å². The van der Waals surface area contributed by atoms with Crippen LogP contribution < -0.4 is 5.32 Å². The van der Waals surface area contributed by atoms with E-state index >= 15 is 0 Å². The molecule has 19 heteroatoms. The van der Waals surface area contributed by atoms with Gasteiger partial charge in [-0.15, -0.1) is 0 Å². The van der Waals surface area contributed by atoms with Crippen LogP contribution in [0.1, 0.15) is 174 Å². The first-order valence-electron chi connectivity index (χ1n) is 30.8. The molecule has 19 nitrogen and oxygen atoms in total. The fourth-order valence-corrected chi connectivity index (χ4v) is 9.92. The van der Waals surface area contributed by atoms with Gasteiger partial charge in [0.05, 0.1) is 38.6 Å². The molecule has 12 N–H and O–H groups in total. The number of rotatable bonds is 44. The minimum Gasteiger partial charge on any atom is -0.394 e. The van der Waals surface area contributed by atoms with Gasteiger partial charge < -0.3 is 89.9 Å². The molecule has 82 heavy (non-hydrogen) atoms. The number of aliphatic hydroxyl groups is 11. The van der Waals surface area contributed by atoms with Crippen molar-refractivity contribution in [3.8, 4) is 0 Å². The van der Waals surface area contributed by atoms with E-state index in [2.05, 4.69) is 67.8 Å². The van der Waals surface area contributed by atoms with Crippen molar-refractivity contribution in [2.45, 2.75) is 279 Å². The molecule has 0 aliphatic carbocycles. The second-order valence-electron chi connectivity index (χ2n) is 21.8. The van der Waals surface area contributed by atoms with Crippen LogP contribution in [0.15, 0.2) is 85.1 Å². The van der Waals surface area contributed by atoms with E-state index in [1.165, 1.54) is 96.3 Å². The van der Waals surface area contributed by atoms with Crippen LogP contribution >= 0.6 is 0 Å². The molecule has 17 unspecified atom stereocenters. The van der Waals surface area contributed by atoms with Gasteiger partial charge in [0.1, 0.15) is 73.2 Å². The van der Waals surface area contributed by atoms with E-state index in [9.17, 15) is 61.0 Å². The molecule has 1 amide bonds. The van der Waals surface area contributed by atoms with Gasteiger partial charge in [0.25, 0.3) is 0 Å². The highest BCUT2D eigenvalue weighted by atomic mass is 16.8. The van der Waals surface area contributed by atoms with E-state index in [4.69, 9.17) is 28.4 Å². The van der Waals surface area contributed by atoms with Crippen LogP contribution in [-0.4, -0.2) is 193 Å². The number of allylic oxidation sites excluding steroid dienone is 12. The molecule has 17 atom stereocenters. The van der Waals surface area contributed by atoms with E-state index in [1.54, 1.807) is 12.2 Å². The Labute approximate surface area is 489 Å². The predicted octanol–water partition coefficient (Wildman–Crippen LogP) is 5.98. The predicted molar refractivity (Wildman–Crippen MR) is 314 cm³/mol. The van der Waals surface area contributed by atoms with Crippen molar-refractivity contribution in [1.29, 1.82) is 0 Å². The summed E-state index contributed by atoms with van der Waals surface area (Å²) in [6, 6.07) is -1.05. The third kappa shape index (κ3) is 28.4. The van der Waals surface area contributed by atoms with E-state index in [0.717, 1.165) is 44.9 Å². The monoisotopic (exact) mass is 1170 g/mol. The maximum absolute atomic E-state index is 13.3. The van der Waals surface area contributed by atoms with Gasteiger partial charge in [0.2, 0.25) is 5.91 Å². The molecule has 0 spiro atoms. The molecule has 0 saturated carbocycles. The summed E-state index contributed by atoms with van der Waals surface area (Å²) in [6.45, 7) is 1.50. The number of carbonyl (C=O) groups is 1. The van der Waals surface area contributed by atoms with Crippen molar-refractivity contribution in [3.63, 3.8) is 0 Å². The van der Waals surface area contributed by atoms with E-state index in [0.29, 0.717) is 12.8 Å². The van der Waals surface area contributed by atoms with Crippen molar-refractivity contribution in [2.24, 2.45) is 0 Å². The average molecular weight is 1170 g/mol. The maximum Gasteiger partial charge on any atom is 0.224 e. The molecule has 0 radical (unpaired) electrons. The molecule has 0 bridgehead atoms. The molecule has 3 aliphatic rings. The lowest BCUT2D eigenvalue weighted by atomic mass is 9.96. The zero-order valence-corrected chi connectivity index (χ0v) is 49.2. The van der Waals surface area contributed by atoms with Gasteiger partial charge in [-0.2, -0.15) is 0 Å². The number of carbonyl (C=O) groups excluding carboxylic acids is 1. The Kier molecular flexibility index (Phi) is 40.5. The van der Waals surface area contributed by atoms with Gasteiger partial charge in [-0.05, 0) is 57.8 Å². The highest BCUT2D eigenvalue weighted by Gasteiger charge is 2.53. The quantitative estimate of drug-likeness (QED) is 0.0247. The zero-order valence-electron chi connectivity index (χ0n) is 49.2. The van der Waals surface area contributed by atoms with Crippen molar-refractivity contribution in [2.75, 3.05) is 26.4 Å². The molecule has 0 aromatic heterocycles. The number of hydrogen-bond acceptors (Lipinski definition) is 18. The second kappa shape index (κ2) is 45.3. The van der Waals surface area contributed by atoms with Crippen molar-refractivity contribution < 1.29 is 89.4 Å². The number of unbranched alkanes of at least 4 members (excludes halogenated alkanes) is 17. The van der Waals surface area contributed by atoms with Crippen LogP contribution in [0.25, 0.3) is 0 Å². The number of hydrogen-bond donors (Lipinski definition) is 12. The molecular formula is C63H107NO18. The fourth-order valence-electron chi connectivity index (χ4n) is 9.92. The van der Waals surface area contributed by atoms with Crippen molar-refractivity contribution in [3.05, 3.63) is 85.1 Å². The SMILES string of the molecule is CC/C=C\C/C=C\C/C=C\C/C=C\C/C=C\CC(=O)NC(COC1OC(CO)C(OC2OC(CO)C(OC3OC(CO)C(O)C(O)C3O)C(O)C2O)C(O)C1O)C(O)/C=C/CC/C=C/CCCCCCCCCCCCCCCCCC. The lowest BCUT2D eigenvalue weighted by Gasteiger charge is -2.48. The molecule has 3 fully saturated rings. The Morgan fingerprint density at radius 1 is 0.451 bits per heavy atom. The van der Waals surface area contributed by atoms with Crippen LogP contribution in [0.4, 0.5) is 0 Å². The van der Waals surface area contributed by atoms with Gasteiger partial charge in [-0.3, -0.25) is 4.79 Å². The molecule has 472 valence electrons. The summed E-state index contributed by atoms with van der Waals surface area (Å²) < 4.78 is 34.2. The Morgan fingerprint density at radius 3 is 1.34 bits per heavy atom. The van der Waals surface area contributed by atoms with Crippen LogP contribution in [0.2, 0.25) is 0 Å². The molecule has 3 aliphatic heterocycles. The molecule has 0 aromatic carbocycles. The number of amides is 1. The lowest BCUT2D eigenvalue weighted by Crippen LogP contribution is -2.66. The lowest BCUT2D eigenvalue weighted by molar-refractivity contribution is -0.379. The first-order chi connectivity index (χ1) is 39.8. The highest BCUT2D eigenvalue weighted by molar-refractivity contribution is 5.77. The first kappa shape index (κ1) is 73.2. The Balaban J connectivity index is 1.52. The van der Waals surface area contributed by atoms with Gasteiger partial charge in [0.15, 0.2) is 18.9 Å². The minimum atomic E-state index is -1.99. The summed E-state index contributed by atoms with van der Waals surface area (Å²) in [7, 11) is 0. The van der Waals surface area contributed by atoms with Gasteiger partial charge in [-0.25, -0.2) is 0 Å². The summed E-state index contributed by atoms with van der Waals surface area (Å²) in [5.41, 5.74) is 0. The van der Waals surface area contributed by atoms with Gasteiger partial charge >= 0.3 is 0 Å². The maximum atomic E-state index is 13.3. The Hall–Kier alpha value is -3.03. The average Bonchev–Trinajstić information content (AvgIpc) is 3.40. The Morgan fingerprint density at radius 2 is 0.854 bits per heavy atom. The number of nitrogens with one attached hydrogen (secondary N) is 1. The molecule has 3 heterocycles. The van der Waals surface area contributed by atoms with Crippen molar-refractivity contribution >= 4 is 5.91 Å². The zero-order chi connectivity index (χ0) is 59.7. The van der Waals surface area contributed by atoms with Crippen LogP contribution in [0.3, 0.4) is 0 Å². The second-order valence-corrected chi connectivity index (χ2v) is 21.8. The summed E-state index contributed by atoms with van der Waals surface area (Å²) >= 11 is 0. The Bertz CT molecular complexity index is 1820. The third-order valence-corrected chi connectivity index (χ3v) is 15.0. The fraction of sp³-hybridized carbons (Fsp3) is 0.762. The summed E-state index contributed by atoms with van der Waals surface area (Å²) in [5.74, 6) is -0.415. The largest absolute Gasteiger partial charge is 0.394 e. The normalized spacial score (nSPS) is 30.2. The highest BCUT2D eigenvalue weighted by Crippen LogP contribution is 2.33. The molecule has 0 aromatic rings. The van der Waals surface area contributed by atoms with Crippen LogP contribution in [-0.2, 0) is 33.2 Å². The molecule has 3 saturated heterocycles. The van der Waals surface area contributed by atoms with E-state index in [-0.39, 0.29) is 6.42 Å². The number of ether oxygens (including phenoxy) is 6. The van der Waals surface area contributed by atoms with E-state index < -0.39 is 137 Å². The van der Waals surface area contributed by atoms with Crippen LogP contribution in [0.5, 0.6) is 0 Å². The minimum absolute atomic E-state index is 0.000920. The third-order valence-electron chi connectivity index (χ3n) is 15.0. The first-order valence-corrected chi connectivity index (χ1v) is 30.8. The van der Waals surface area contributed by atoms with Gasteiger partial charge in [-0.1, -0.05) is 195 Å². The van der Waals surface area contributed by atoms with Crippen LogP contribution in [0, 0.1) is 0 Å². The smallest absolute Gasteiger partial charge is 0.224 e. The summed E-state index contributed by atoms with van der Waals surface area (Å²) in [6.07, 6.45) is 28.9. The standard InChI is InChI=1S/C63H107NO18/c1-3-5-7-9-11-13-15-17-19-20-21-22-23-24-25-27-28-30-32-34-36-38-40-47(68)46(64-51(69)41-39-37-35-33-31-29-26-18-16-14-12-10-8-6-4-2)45-77-61-57(75)54(72)59(49(43-66)79-61)82-63-58(76)55(73)60(50(44-67)80-63)81-62-56(74)53(71)52(70)48(42-65)78-62/h6,8,12,14,18,26,30-33,37-40,46-50,52-63,65-68,70-76H,3-5,7,9-11,13,15-17,19-25,27-29,34-36,41-45H2,1-2H3,(H,64,69)/b8-6-,14-12-,26-18-,32-30+,33-31-,39-37-,40-38+. The van der Waals surface area contributed by atoms with E-state index in [1.807, 2.05) is 24.3 Å². The number of aliphatic hydroxyl groups excluding tert-OH is 11.